The maximum atomic E-state index is 13.6. The SMILES string of the molecule is Cc1ccc(NCC(O)COc2ccccc2F)c(F)c1. The van der Waals surface area contributed by atoms with Crippen LogP contribution in [0.1, 0.15) is 5.56 Å². The molecule has 0 saturated heterocycles. The molecule has 0 bridgehead atoms. The van der Waals surface area contributed by atoms with E-state index in [1.807, 2.05) is 0 Å². The van der Waals surface area contributed by atoms with E-state index < -0.39 is 11.9 Å². The third-order valence-electron chi connectivity index (χ3n) is 2.92. The zero-order chi connectivity index (χ0) is 15.2. The Morgan fingerprint density at radius 3 is 2.62 bits per heavy atom. The number of aliphatic hydroxyl groups excluding tert-OH is 1. The number of rotatable bonds is 6. The van der Waals surface area contributed by atoms with Crippen molar-refractivity contribution in [3.05, 3.63) is 59.7 Å². The molecule has 1 unspecified atom stereocenters. The summed E-state index contributed by atoms with van der Waals surface area (Å²) in [5.74, 6) is -0.780. The van der Waals surface area contributed by atoms with E-state index >= 15 is 0 Å². The van der Waals surface area contributed by atoms with Gasteiger partial charge in [0.1, 0.15) is 18.5 Å². The van der Waals surface area contributed by atoms with Gasteiger partial charge in [-0.05, 0) is 36.8 Å². The number of aliphatic hydroxyl groups is 1. The molecule has 112 valence electrons. The molecule has 0 saturated carbocycles. The van der Waals surface area contributed by atoms with Gasteiger partial charge in [0.15, 0.2) is 11.6 Å². The maximum Gasteiger partial charge on any atom is 0.165 e. The van der Waals surface area contributed by atoms with E-state index in [0.717, 1.165) is 5.56 Å². The normalized spacial score (nSPS) is 12.0. The second kappa shape index (κ2) is 7.04. The van der Waals surface area contributed by atoms with Gasteiger partial charge in [-0.1, -0.05) is 18.2 Å². The van der Waals surface area contributed by atoms with Crippen LogP contribution in [0.5, 0.6) is 5.75 Å². The molecule has 0 aliphatic carbocycles. The van der Waals surface area contributed by atoms with Crippen LogP contribution in [0.15, 0.2) is 42.5 Å². The minimum atomic E-state index is -0.884. The summed E-state index contributed by atoms with van der Waals surface area (Å²) < 4.78 is 32.1. The minimum absolute atomic E-state index is 0.0815. The molecule has 2 N–H and O–H groups in total. The van der Waals surface area contributed by atoms with Gasteiger partial charge in [0.25, 0.3) is 0 Å². The van der Waals surface area contributed by atoms with Crippen LogP contribution < -0.4 is 10.1 Å². The predicted octanol–water partition coefficient (Wildman–Crippen LogP) is 3.13. The molecule has 3 nitrogen and oxygen atoms in total. The number of hydrogen-bond acceptors (Lipinski definition) is 3. The predicted molar refractivity (Wildman–Crippen MR) is 77.5 cm³/mol. The summed E-state index contributed by atoms with van der Waals surface area (Å²) in [6, 6.07) is 10.7. The molecule has 0 aromatic heterocycles. The summed E-state index contributed by atoms with van der Waals surface area (Å²) in [5, 5.41) is 12.6. The van der Waals surface area contributed by atoms with Crippen molar-refractivity contribution < 1.29 is 18.6 Å². The highest BCUT2D eigenvalue weighted by molar-refractivity contribution is 5.46. The van der Waals surface area contributed by atoms with Gasteiger partial charge in [-0.15, -0.1) is 0 Å². The second-order valence-electron chi connectivity index (χ2n) is 4.76. The first kappa shape index (κ1) is 15.3. The molecule has 0 aliphatic heterocycles. The van der Waals surface area contributed by atoms with Gasteiger partial charge in [0, 0.05) is 6.54 Å². The fourth-order valence-corrected chi connectivity index (χ4v) is 1.80. The van der Waals surface area contributed by atoms with Crippen LogP contribution in [-0.4, -0.2) is 24.4 Å². The molecular formula is C16H17F2NO2. The lowest BCUT2D eigenvalue weighted by atomic mass is 10.2. The number of ether oxygens (including phenoxy) is 1. The Balaban J connectivity index is 1.82. The van der Waals surface area contributed by atoms with E-state index in [-0.39, 0.29) is 24.7 Å². The molecule has 1 atom stereocenters. The molecule has 5 heteroatoms. The average molecular weight is 293 g/mol. The third kappa shape index (κ3) is 4.43. The molecular weight excluding hydrogens is 276 g/mol. The molecule has 2 rings (SSSR count). The average Bonchev–Trinajstić information content (AvgIpc) is 2.45. The van der Waals surface area contributed by atoms with E-state index in [1.165, 1.54) is 18.2 Å². The number of hydrogen-bond donors (Lipinski definition) is 2. The Kier molecular flexibility index (Phi) is 5.11. The highest BCUT2D eigenvalue weighted by Gasteiger charge is 2.09. The monoisotopic (exact) mass is 293 g/mol. The van der Waals surface area contributed by atoms with Gasteiger partial charge in [0.2, 0.25) is 0 Å². The van der Waals surface area contributed by atoms with Crippen molar-refractivity contribution in [2.75, 3.05) is 18.5 Å². The van der Waals surface area contributed by atoms with Gasteiger partial charge < -0.3 is 15.2 Å². The first-order valence-corrected chi connectivity index (χ1v) is 6.61. The summed E-state index contributed by atoms with van der Waals surface area (Å²) in [7, 11) is 0. The van der Waals surface area contributed by atoms with Crippen LogP contribution in [0, 0.1) is 18.6 Å². The van der Waals surface area contributed by atoms with E-state index in [0.29, 0.717) is 5.69 Å². The van der Waals surface area contributed by atoms with E-state index in [9.17, 15) is 13.9 Å². The van der Waals surface area contributed by atoms with Gasteiger partial charge in [-0.2, -0.15) is 0 Å². The van der Waals surface area contributed by atoms with Crippen molar-refractivity contribution in [2.45, 2.75) is 13.0 Å². The molecule has 0 fully saturated rings. The topological polar surface area (TPSA) is 41.5 Å². The number of para-hydroxylation sites is 1. The number of halogens is 2. The van der Waals surface area contributed by atoms with Crippen molar-refractivity contribution in [1.29, 1.82) is 0 Å². The van der Waals surface area contributed by atoms with Crippen LogP contribution in [0.2, 0.25) is 0 Å². The zero-order valence-electron chi connectivity index (χ0n) is 11.6. The summed E-state index contributed by atoms with van der Waals surface area (Å²) in [6.45, 7) is 1.82. The molecule has 21 heavy (non-hydrogen) atoms. The van der Waals surface area contributed by atoms with Gasteiger partial charge in [-0.25, -0.2) is 8.78 Å². The second-order valence-corrected chi connectivity index (χ2v) is 4.76. The summed E-state index contributed by atoms with van der Waals surface area (Å²) in [6.07, 6.45) is -0.884. The molecule has 0 aliphatic rings. The summed E-state index contributed by atoms with van der Waals surface area (Å²) in [4.78, 5) is 0. The number of aryl methyl sites for hydroxylation is 1. The highest BCUT2D eigenvalue weighted by atomic mass is 19.1. The smallest absolute Gasteiger partial charge is 0.165 e. The molecule has 0 heterocycles. The third-order valence-corrected chi connectivity index (χ3v) is 2.92. The number of nitrogens with one attached hydrogen (secondary N) is 1. The molecule has 0 radical (unpaired) electrons. The highest BCUT2D eigenvalue weighted by Crippen LogP contribution is 2.17. The summed E-state index contributed by atoms with van der Waals surface area (Å²) >= 11 is 0. The van der Waals surface area contributed by atoms with E-state index in [2.05, 4.69) is 5.32 Å². The summed E-state index contributed by atoms with van der Waals surface area (Å²) in [5.41, 5.74) is 1.13. The van der Waals surface area contributed by atoms with Gasteiger partial charge >= 0.3 is 0 Å². The standard InChI is InChI=1S/C16H17F2NO2/c1-11-6-7-15(14(18)8-11)19-9-12(20)10-21-16-5-3-2-4-13(16)17/h2-8,12,19-20H,9-10H2,1H3. The van der Waals surface area contributed by atoms with Crippen LogP contribution in [0.25, 0.3) is 0 Å². The fraction of sp³-hybridized carbons (Fsp3) is 0.250. The van der Waals surface area contributed by atoms with E-state index in [4.69, 9.17) is 4.74 Å². The number of benzene rings is 2. The molecule has 0 amide bonds. The Bertz CT molecular complexity index is 605. The van der Waals surface area contributed by atoms with Crippen LogP contribution in [-0.2, 0) is 0 Å². The maximum absolute atomic E-state index is 13.6. The fourth-order valence-electron chi connectivity index (χ4n) is 1.80. The van der Waals surface area contributed by atoms with Crippen LogP contribution in [0.3, 0.4) is 0 Å². The molecule has 2 aromatic rings. The largest absolute Gasteiger partial charge is 0.488 e. The van der Waals surface area contributed by atoms with Crippen LogP contribution >= 0.6 is 0 Å². The quantitative estimate of drug-likeness (QED) is 0.860. The van der Waals surface area contributed by atoms with Gasteiger partial charge in [-0.3, -0.25) is 0 Å². The lowest BCUT2D eigenvalue weighted by molar-refractivity contribution is 0.115. The van der Waals surface area contributed by atoms with Crippen molar-refractivity contribution in [3.8, 4) is 5.75 Å². The van der Waals surface area contributed by atoms with Crippen LogP contribution in [0.4, 0.5) is 14.5 Å². The Hall–Kier alpha value is -2.14. The Morgan fingerprint density at radius 1 is 1.14 bits per heavy atom. The zero-order valence-corrected chi connectivity index (χ0v) is 11.6. The Labute approximate surface area is 122 Å². The Morgan fingerprint density at radius 2 is 1.90 bits per heavy atom. The lowest BCUT2D eigenvalue weighted by Gasteiger charge is -2.15. The first-order valence-electron chi connectivity index (χ1n) is 6.61. The number of anilines is 1. The van der Waals surface area contributed by atoms with Crippen molar-refractivity contribution in [1.82, 2.24) is 0 Å². The molecule has 0 spiro atoms. The van der Waals surface area contributed by atoms with E-state index in [1.54, 1.807) is 31.2 Å². The lowest BCUT2D eigenvalue weighted by Crippen LogP contribution is -2.26. The van der Waals surface area contributed by atoms with Crippen molar-refractivity contribution >= 4 is 5.69 Å². The van der Waals surface area contributed by atoms with Crippen molar-refractivity contribution in [2.24, 2.45) is 0 Å². The van der Waals surface area contributed by atoms with Gasteiger partial charge in [0.05, 0.1) is 5.69 Å². The first-order chi connectivity index (χ1) is 10.1. The van der Waals surface area contributed by atoms with Crippen molar-refractivity contribution in [3.63, 3.8) is 0 Å². The molecule has 2 aromatic carbocycles. The minimum Gasteiger partial charge on any atom is -0.488 e.